The third kappa shape index (κ3) is 2.46. The van der Waals surface area contributed by atoms with Gasteiger partial charge in [0.25, 0.3) is 0 Å². The van der Waals surface area contributed by atoms with E-state index in [2.05, 4.69) is 64.3 Å². The molecular weight excluding hydrogens is 184 g/mol. The van der Waals surface area contributed by atoms with Crippen molar-refractivity contribution in [1.82, 2.24) is 0 Å². The van der Waals surface area contributed by atoms with Gasteiger partial charge in [0.15, 0.2) is 0 Å². The third-order valence-electron chi connectivity index (χ3n) is 1.80. The Morgan fingerprint density at radius 1 is 1.25 bits per heavy atom. The number of thiol groups is 2. The number of allylic oxidation sites excluding steroid dienone is 3. The summed E-state index contributed by atoms with van der Waals surface area (Å²) in [5.74, 6) is 0. The number of rotatable bonds is 0. The van der Waals surface area contributed by atoms with Gasteiger partial charge >= 0.3 is 0 Å². The Labute approximate surface area is 85.3 Å². The molecule has 0 saturated carbocycles. The first kappa shape index (κ1) is 10.0. The molecule has 1 atom stereocenters. The van der Waals surface area contributed by atoms with E-state index < -0.39 is 0 Å². The monoisotopic (exact) mass is 198 g/mol. The van der Waals surface area contributed by atoms with Crippen LogP contribution in [-0.4, -0.2) is 4.75 Å². The predicted molar refractivity (Wildman–Crippen MR) is 62.0 cm³/mol. The van der Waals surface area contributed by atoms with Gasteiger partial charge in [-0.1, -0.05) is 17.7 Å². The van der Waals surface area contributed by atoms with Gasteiger partial charge < -0.3 is 0 Å². The van der Waals surface area contributed by atoms with Gasteiger partial charge in [-0.25, -0.2) is 0 Å². The average Bonchev–Trinajstić information content (AvgIpc) is 1.89. The van der Waals surface area contributed by atoms with E-state index in [1.807, 2.05) is 0 Å². The summed E-state index contributed by atoms with van der Waals surface area (Å²) >= 11 is 8.91. The largest absolute Gasteiger partial charge is 0.164 e. The van der Waals surface area contributed by atoms with Crippen molar-refractivity contribution in [1.29, 1.82) is 0 Å². The van der Waals surface area contributed by atoms with Gasteiger partial charge in [0.1, 0.15) is 0 Å². The summed E-state index contributed by atoms with van der Waals surface area (Å²) in [6.07, 6.45) is 6.31. The Bertz CT molecular complexity index is 280. The lowest BCUT2D eigenvalue weighted by Crippen LogP contribution is -2.08. The van der Waals surface area contributed by atoms with Crippen molar-refractivity contribution in [3.05, 3.63) is 34.3 Å². The Hall–Kier alpha value is -0.0800. The molecule has 0 saturated heterocycles. The van der Waals surface area contributed by atoms with E-state index in [1.165, 1.54) is 11.1 Å². The van der Waals surface area contributed by atoms with Crippen LogP contribution in [0, 0.1) is 0 Å². The fraction of sp³-hybridized carbons (Fsp3) is 0.400. The molecule has 0 aromatic carbocycles. The third-order valence-corrected chi connectivity index (χ3v) is 2.54. The van der Waals surface area contributed by atoms with Crippen molar-refractivity contribution in [2.24, 2.45) is 0 Å². The molecule has 0 radical (unpaired) electrons. The van der Waals surface area contributed by atoms with Crippen LogP contribution in [0.2, 0.25) is 0 Å². The maximum atomic E-state index is 4.53. The summed E-state index contributed by atoms with van der Waals surface area (Å²) in [5, 5.41) is 0. The van der Waals surface area contributed by atoms with Crippen LogP contribution in [0.3, 0.4) is 0 Å². The minimum Gasteiger partial charge on any atom is -0.164 e. The molecular formula is C10H14S2. The topological polar surface area (TPSA) is 0 Å². The molecule has 0 aromatic heterocycles. The molecule has 2 heteroatoms. The summed E-state index contributed by atoms with van der Waals surface area (Å²) < 4.78 is -0.144. The lowest BCUT2D eigenvalue weighted by Gasteiger charge is -2.14. The smallest absolute Gasteiger partial charge is 0.0471 e. The second kappa shape index (κ2) is 3.35. The van der Waals surface area contributed by atoms with Gasteiger partial charge in [-0.3, -0.25) is 0 Å². The molecule has 0 spiro atoms. The van der Waals surface area contributed by atoms with Crippen LogP contribution < -0.4 is 0 Å². The minimum absolute atomic E-state index is 0.144. The van der Waals surface area contributed by atoms with Crippen LogP contribution in [0.1, 0.15) is 20.8 Å². The quantitative estimate of drug-likeness (QED) is 0.548. The SMILES string of the molecule is CC1=CC(C)(S)C=C(C)C(S)=C1. The molecule has 0 aliphatic heterocycles. The van der Waals surface area contributed by atoms with E-state index >= 15 is 0 Å². The Morgan fingerprint density at radius 3 is 2.42 bits per heavy atom. The number of hydrogen-bond acceptors (Lipinski definition) is 2. The van der Waals surface area contributed by atoms with E-state index in [-0.39, 0.29) is 4.75 Å². The highest BCUT2D eigenvalue weighted by Crippen LogP contribution is 2.29. The van der Waals surface area contributed by atoms with Gasteiger partial charge in [0.05, 0.1) is 0 Å². The number of hydrogen-bond donors (Lipinski definition) is 2. The van der Waals surface area contributed by atoms with E-state index in [9.17, 15) is 0 Å². The summed E-state index contributed by atoms with van der Waals surface area (Å²) in [7, 11) is 0. The van der Waals surface area contributed by atoms with Crippen molar-refractivity contribution in [2.45, 2.75) is 25.5 Å². The summed E-state index contributed by atoms with van der Waals surface area (Å²) in [6, 6.07) is 0. The molecule has 0 bridgehead atoms. The second-order valence-corrected chi connectivity index (χ2v) is 4.92. The van der Waals surface area contributed by atoms with E-state index in [0.29, 0.717) is 0 Å². The van der Waals surface area contributed by atoms with Gasteiger partial charge in [0, 0.05) is 9.65 Å². The maximum absolute atomic E-state index is 4.53. The highest BCUT2D eigenvalue weighted by atomic mass is 32.1. The molecule has 0 amide bonds. The maximum Gasteiger partial charge on any atom is 0.0471 e. The predicted octanol–water partition coefficient (Wildman–Crippen LogP) is 3.39. The Balaban J connectivity index is 3.15. The first-order valence-corrected chi connectivity index (χ1v) is 4.82. The Kier molecular flexibility index (Phi) is 2.79. The Morgan fingerprint density at radius 2 is 1.83 bits per heavy atom. The molecule has 0 heterocycles. The zero-order chi connectivity index (χ0) is 9.35. The molecule has 0 nitrogen and oxygen atoms in total. The molecule has 66 valence electrons. The minimum atomic E-state index is -0.144. The molecule has 1 aliphatic carbocycles. The van der Waals surface area contributed by atoms with Gasteiger partial charge in [-0.15, -0.1) is 12.6 Å². The zero-order valence-corrected chi connectivity index (χ0v) is 9.42. The highest BCUT2D eigenvalue weighted by Gasteiger charge is 2.15. The van der Waals surface area contributed by atoms with Crippen LogP contribution in [-0.2, 0) is 0 Å². The average molecular weight is 198 g/mol. The molecule has 1 aliphatic rings. The van der Waals surface area contributed by atoms with Crippen LogP contribution in [0.25, 0.3) is 0 Å². The van der Waals surface area contributed by atoms with E-state index in [1.54, 1.807) is 0 Å². The standard InChI is InChI=1S/C10H14S2/c1-7-4-9(11)8(2)6-10(3,12)5-7/h4-6,11-12H,1-3H3. The van der Waals surface area contributed by atoms with Gasteiger partial charge in [-0.05, 0) is 32.4 Å². The van der Waals surface area contributed by atoms with Crippen LogP contribution >= 0.6 is 25.3 Å². The normalized spacial score (nSPS) is 30.2. The highest BCUT2D eigenvalue weighted by molar-refractivity contribution is 7.84. The second-order valence-electron chi connectivity index (χ2n) is 3.47. The molecule has 12 heavy (non-hydrogen) atoms. The summed E-state index contributed by atoms with van der Waals surface area (Å²) in [6.45, 7) is 6.19. The van der Waals surface area contributed by atoms with Gasteiger partial charge in [-0.2, -0.15) is 12.6 Å². The summed E-state index contributed by atoms with van der Waals surface area (Å²) in [5.41, 5.74) is 2.40. The first-order chi connectivity index (χ1) is 5.41. The van der Waals surface area contributed by atoms with Crippen molar-refractivity contribution < 1.29 is 0 Å². The van der Waals surface area contributed by atoms with Crippen molar-refractivity contribution in [3.63, 3.8) is 0 Å². The molecule has 0 N–H and O–H groups in total. The molecule has 0 aromatic rings. The zero-order valence-electron chi connectivity index (χ0n) is 7.63. The van der Waals surface area contributed by atoms with Crippen LogP contribution in [0.15, 0.2) is 34.3 Å². The lowest BCUT2D eigenvalue weighted by atomic mass is 10.1. The lowest BCUT2D eigenvalue weighted by molar-refractivity contribution is 1.00. The summed E-state index contributed by atoms with van der Waals surface area (Å²) in [4.78, 5) is 1.03. The molecule has 1 rings (SSSR count). The first-order valence-electron chi connectivity index (χ1n) is 3.93. The fourth-order valence-electron chi connectivity index (χ4n) is 1.39. The van der Waals surface area contributed by atoms with Crippen molar-refractivity contribution >= 4 is 25.3 Å². The van der Waals surface area contributed by atoms with E-state index in [0.717, 1.165) is 4.91 Å². The van der Waals surface area contributed by atoms with Gasteiger partial charge in [0.2, 0.25) is 0 Å². The molecule has 1 unspecified atom stereocenters. The van der Waals surface area contributed by atoms with Crippen LogP contribution in [0.5, 0.6) is 0 Å². The van der Waals surface area contributed by atoms with Crippen molar-refractivity contribution in [3.8, 4) is 0 Å². The van der Waals surface area contributed by atoms with E-state index in [4.69, 9.17) is 0 Å². The van der Waals surface area contributed by atoms with Crippen LogP contribution in [0.4, 0.5) is 0 Å². The fourth-order valence-corrected chi connectivity index (χ4v) is 2.05. The molecule has 0 fully saturated rings. The van der Waals surface area contributed by atoms with Crippen molar-refractivity contribution in [2.75, 3.05) is 0 Å².